The van der Waals surface area contributed by atoms with Crippen molar-refractivity contribution in [1.29, 1.82) is 0 Å². The first-order valence-electron chi connectivity index (χ1n) is 6.39. The maximum atomic E-state index is 12.0. The molecule has 0 unspecified atom stereocenters. The highest BCUT2D eigenvalue weighted by atomic mass is 32.1. The van der Waals surface area contributed by atoms with Gasteiger partial charge in [-0.3, -0.25) is 9.89 Å². The molecule has 0 aliphatic heterocycles. The van der Waals surface area contributed by atoms with Crippen LogP contribution in [0.25, 0.3) is 0 Å². The first-order chi connectivity index (χ1) is 10.3. The molecule has 0 atom stereocenters. The molecule has 9 heteroatoms. The standard InChI is InChI=1S/C13H16N4O4S/c1-13(2,3)21-12(19)7-5-9(16-15-7)14-11(18)8-6-10(20-4)17-22-8/h5-6H,1-4H3,(H2,14,15,16,18). The smallest absolute Gasteiger partial charge is 0.356 e. The highest BCUT2D eigenvalue weighted by molar-refractivity contribution is 7.08. The predicted molar refractivity (Wildman–Crippen MR) is 80.4 cm³/mol. The van der Waals surface area contributed by atoms with Crippen molar-refractivity contribution in [3.63, 3.8) is 0 Å². The zero-order chi connectivity index (χ0) is 16.3. The van der Waals surface area contributed by atoms with Crippen LogP contribution in [0.2, 0.25) is 0 Å². The minimum absolute atomic E-state index is 0.159. The lowest BCUT2D eigenvalue weighted by Crippen LogP contribution is -2.24. The van der Waals surface area contributed by atoms with E-state index >= 15 is 0 Å². The number of anilines is 1. The summed E-state index contributed by atoms with van der Waals surface area (Å²) in [7, 11) is 1.47. The van der Waals surface area contributed by atoms with E-state index in [1.54, 1.807) is 20.8 Å². The lowest BCUT2D eigenvalue weighted by Gasteiger charge is -2.18. The van der Waals surface area contributed by atoms with Crippen molar-refractivity contribution in [2.24, 2.45) is 0 Å². The number of ether oxygens (including phenoxy) is 2. The number of rotatable bonds is 4. The zero-order valence-corrected chi connectivity index (χ0v) is 13.4. The first-order valence-corrected chi connectivity index (χ1v) is 7.16. The SMILES string of the molecule is COc1cc(C(=O)Nc2cc(C(=O)OC(C)(C)C)[nH]n2)sn1. The Hall–Kier alpha value is -2.42. The van der Waals surface area contributed by atoms with E-state index in [-0.39, 0.29) is 17.4 Å². The quantitative estimate of drug-likeness (QED) is 0.834. The largest absolute Gasteiger partial charge is 0.480 e. The summed E-state index contributed by atoms with van der Waals surface area (Å²) in [6.45, 7) is 5.30. The Morgan fingerprint density at radius 2 is 2.05 bits per heavy atom. The van der Waals surface area contributed by atoms with Gasteiger partial charge >= 0.3 is 5.97 Å². The topological polar surface area (TPSA) is 106 Å². The van der Waals surface area contributed by atoms with E-state index in [9.17, 15) is 9.59 Å². The Kier molecular flexibility index (Phi) is 4.45. The minimum Gasteiger partial charge on any atom is -0.480 e. The van der Waals surface area contributed by atoms with Crippen LogP contribution in [0.15, 0.2) is 12.1 Å². The molecule has 2 N–H and O–H groups in total. The van der Waals surface area contributed by atoms with Crippen LogP contribution in [-0.2, 0) is 4.74 Å². The van der Waals surface area contributed by atoms with Crippen LogP contribution in [-0.4, -0.2) is 39.2 Å². The molecule has 22 heavy (non-hydrogen) atoms. The Morgan fingerprint density at radius 1 is 1.32 bits per heavy atom. The molecule has 2 rings (SSSR count). The minimum atomic E-state index is -0.606. The number of carbonyl (C=O) groups is 2. The summed E-state index contributed by atoms with van der Waals surface area (Å²) in [5, 5.41) is 8.94. The second-order valence-electron chi connectivity index (χ2n) is 5.36. The van der Waals surface area contributed by atoms with Crippen molar-refractivity contribution in [2.75, 3.05) is 12.4 Å². The Bertz CT molecular complexity index is 686. The van der Waals surface area contributed by atoms with Crippen LogP contribution in [0.3, 0.4) is 0 Å². The average molecular weight is 324 g/mol. The molecule has 2 aromatic rings. The average Bonchev–Trinajstić information content (AvgIpc) is 3.05. The van der Waals surface area contributed by atoms with Gasteiger partial charge in [-0.05, 0) is 32.3 Å². The predicted octanol–water partition coefficient (Wildman–Crippen LogP) is 2.08. The molecule has 0 fully saturated rings. The monoisotopic (exact) mass is 324 g/mol. The number of methoxy groups -OCH3 is 1. The number of hydrogen-bond acceptors (Lipinski definition) is 7. The van der Waals surface area contributed by atoms with Gasteiger partial charge in [-0.15, -0.1) is 0 Å². The van der Waals surface area contributed by atoms with Crippen LogP contribution in [0.4, 0.5) is 5.82 Å². The van der Waals surface area contributed by atoms with Crippen molar-refractivity contribution < 1.29 is 19.1 Å². The number of carbonyl (C=O) groups excluding carboxylic acids is 2. The molecule has 0 radical (unpaired) electrons. The molecule has 0 aliphatic rings. The molecule has 0 saturated heterocycles. The van der Waals surface area contributed by atoms with E-state index < -0.39 is 11.6 Å². The summed E-state index contributed by atoms with van der Waals surface area (Å²) in [5.74, 6) is -0.340. The van der Waals surface area contributed by atoms with Gasteiger partial charge in [0.2, 0.25) is 5.88 Å². The summed E-state index contributed by atoms with van der Waals surface area (Å²) in [6, 6.07) is 2.92. The number of aromatic amines is 1. The highest BCUT2D eigenvalue weighted by Gasteiger charge is 2.20. The van der Waals surface area contributed by atoms with Crippen LogP contribution in [0.1, 0.15) is 40.9 Å². The summed E-state index contributed by atoms with van der Waals surface area (Å²) in [4.78, 5) is 24.2. The summed E-state index contributed by atoms with van der Waals surface area (Å²) >= 11 is 1.01. The van der Waals surface area contributed by atoms with Gasteiger partial charge in [0.1, 0.15) is 16.2 Å². The van der Waals surface area contributed by atoms with Gasteiger partial charge in [0.15, 0.2) is 5.82 Å². The van der Waals surface area contributed by atoms with E-state index in [4.69, 9.17) is 9.47 Å². The molecule has 0 bridgehead atoms. The molecule has 2 heterocycles. The van der Waals surface area contributed by atoms with Crippen LogP contribution in [0, 0.1) is 0 Å². The fourth-order valence-electron chi connectivity index (χ4n) is 1.46. The zero-order valence-electron chi connectivity index (χ0n) is 12.6. The fraction of sp³-hybridized carbons (Fsp3) is 0.385. The van der Waals surface area contributed by atoms with Crippen molar-refractivity contribution in [1.82, 2.24) is 14.6 Å². The molecule has 0 aliphatic carbocycles. The maximum absolute atomic E-state index is 12.0. The Labute approximate surface area is 131 Å². The molecule has 8 nitrogen and oxygen atoms in total. The third kappa shape index (κ3) is 4.04. The first kappa shape index (κ1) is 16.0. The van der Waals surface area contributed by atoms with Gasteiger partial charge in [0.25, 0.3) is 5.91 Å². The van der Waals surface area contributed by atoms with Crippen LogP contribution < -0.4 is 10.1 Å². The number of amides is 1. The van der Waals surface area contributed by atoms with Crippen molar-refractivity contribution in [3.8, 4) is 5.88 Å². The Morgan fingerprint density at radius 3 is 2.64 bits per heavy atom. The van der Waals surface area contributed by atoms with Gasteiger partial charge in [0, 0.05) is 12.1 Å². The molecule has 1 amide bonds. The van der Waals surface area contributed by atoms with E-state index in [1.165, 1.54) is 19.2 Å². The second kappa shape index (κ2) is 6.14. The number of nitrogens with one attached hydrogen (secondary N) is 2. The number of H-pyrrole nitrogens is 1. The maximum Gasteiger partial charge on any atom is 0.356 e. The molecule has 2 aromatic heterocycles. The number of aromatic nitrogens is 3. The van der Waals surface area contributed by atoms with Crippen molar-refractivity contribution in [3.05, 3.63) is 22.7 Å². The van der Waals surface area contributed by atoms with Crippen molar-refractivity contribution in [2.45, 2.75) is 26.4 Å². The van der Waals surface area contributed by atoms with Gasteiger partial charge in [-0.1, -0.05) is 0 Å². The normalized spacial score (nSPS) is 11.1. The van der Waals surface area contributed by atoms with E-state index in [2.05, 4.69) is 19.9 Å². The lowest BCUT2D eigenvalue weighted by atomic mass is 10.2. The van der Waals surface area contributed by atoms with Crippen LogP contribution in [0.5, 0.6) is 5.88 Å². The van der Waals surface area contributed by atoms with Gasteiger partial charge in [-0.25, -0.2) is 4.79 Å². The molecule has 118 valence electrons. The number of esters is 1. The lowest BCUT2D eigenvalue weighted by molar-refractivity contribution is 0.00627. The molecule has 0 aromatic carbocycles. The fourth-order valence-corrected chi connectivity index (χ4v) is 2.07. The second-order valence-corrected chi connectivity index (χ2v) is 6.16. The molecular weight excluding hydrogens is 308 g/mol. The van der Waals surface area contributed by atoms with Gasteiger partial charge < -0.3 is 14.8 Å². The molecule has 0 spiro atoms. The van der Waals surface area contributed by atoms with E-state index in [0.717, 1.165) is 11.5 Å². The van der Waals surface area contributed by atoms with E-state index in [1.807, 2.05) is 0 Å². The number of hydrogen-bond donors (Lipinski definition) is 2. The van der Waals surface area contributed by atoms with Gasteiger partial charge in [-0.2, -0.15) is 9.47 Å². The van der Waals surface area contributed by atoms with E-state index in [0.29, 0.717) is 10.8 Å². The summed E-state index contributed by atoms with van der Waals surface area (Å²) < 4.78 is 14.0. The Balaban J connectivity index is 2.02. The summed E-state index contributed by atoms with van der Waals surface area (Å²) in [5.41, 5.74) is -0.447. The highest BCUT2D eigenvalue weighted by Crippen LogP contribution is 2.18. The van der Waals surface area contributed by atoms with Gasteiger partial charge in [0.05, 0.1) is 7.11 Å². The van der Waals surface area contributed by atoms with Crippen molar-refractivity contribution >= 4 is 29.2 Å². The van der Waals surface area contributed by atoms with Crippen LogP contribution >= 0.6 is 11.5 Å². The molecule has 0 saturated carbocycles. The third-order valence-electron chi connectivity index (χ3n) is 2.36. The third-order valence-corrected chi connectivity index (χ3v) is 3.13. The number of nitrogens with zero attached hydrogens (tertiary/aromatic N) is 2. The summed E-state index contributed by atoms with van der Waals surface area (Å²) in [6.07, 6.45) is 0. The molecular formula is C13H16N4O4S.